The quantitative estimate of drug-likeness (QED) is 0.887. The lowest BCUT2D eigenvalue weighted by Gasteiger charge is -2.17. The predicted molar refractivity (Wildman–Crippen MR) is 83.8 cm³/mol. The third-order valence-electron chi connectivity index (χ3n) is 5.01. The van der Waals surface area contributed by atoms with Crippen LogP contribution in [-0.2, 0) is 11.2 Å². The van der Waals surface area contributed by atoms with E-state index < -0.39 is 0 Å². The number of fused-ring (bicyclic) bond motifs is 1. The van der Waals surface area contributed by atoms with Crippen molar-refractivity contribution in [3.63, 3.8) is 0 Å². The number of rotatable bonds is 3. The van der Waals surface area contributed by atoms with Gasteiger partial charge in [-0.15, -0.1) is 0 Å². The standard InChI is InChI=1S/C17H21N3O2/c1-10-8-20(13-3-4-13)9-15(10)19-17(22)11-2-5-14-12(6-11)7-16(21)18-14/h2,5-6,10,13,15H,3-4,7-9H2,1H3,(H,18,21)(H,19,22)/t10-,15-/m1/s1. The largest absolute Gasteiger partial charge is 0.348 e. The molecule has 116 valence electrons. The SMILES string of the molecule is C[C@@H]1CN(C2CC2)C[C@H]1NC(=O)c1ccc2c(c1)CC(=O)N2. The average Bonchev–Trinajstić information content (AvgIpc) is 3.17. The normalized spacial score (nSPS) is 27.6. The molecule has 0 unspecified atom stereocenters. The topological polar surface area (TPSA) is 61.4 Å². The van der Waals surface area contributed by atoms with Crippen LogP contribution >= 0.6 is 0 Å². The third kappa shape index (κ3) is 2.50. The van der Waals surface area contributed by atoms with E-state index in [1.54, 1.807) is 6.07 Å². The second-order valence-electron chi connectivity index (χ2n) is 6.84. The highest BCUT2D eigenvalue weighted by Crippen LogP contribution is 2.32. The summed E-state index contributed by atoms with van der Waals surface area (Å²) in [6.45, 7) is 4.25. The molecule has 5 nitrogen and oxygen atoms in total. The third-order valence-corrected chi connectivity index (χ3v) is 5.01. The zero-order valence-corrected chi connectivity index (χ0v) is 12.8. The Bertz CT molecular complexity index is 639. The first-order valence-corrected chi connectivity index (χ1v) is 8.08. The first kappa shape index (κ1) is 13.8. The minimum Gasteiger partial charge on any atom is -0.348 e. The fraction of sp³-hybridized carbons (Fsp3) is 0.529. The van der Waals surface area contributed by atoms with Crippen molar-refractivity contribution in [1.29, 1.82) is 0 Å². The summed E-state index contributed by atoms with van der Waals surface area (Å²) in [5, 5.41) is 5.97. The highest BCUT2D eigenvalue weighted by Gasteiger charge is 2.38. The predicted octanol–water partition coefficient (Wildman–Crippen LogP) is 1.39. The molecule has 4 rings (SSSR count). The van der Waals surface area contributed by atoms with Gasteiger partial charge in [0, 0.05) is 36.4 Å². The van der Waals surface area contributed by atoms with Crippen molar-refractivity contribution in [2.24, 2.45) is 5.92 Å². The molecule has 2 heterocycles. The first-order chi connectivity index (χ1) is 10.6. The zero-order chi connectivity index (χ0) is 15.3. The minimum absolute atomic E-state index is 0.00273. The highest BCUT2D eigenvalue weighted by atomic mass is 16.2. The Kier molecular flexibility index (Phi) is 3.18. The minimum atomic E-state index is -0.0309. The number of amides is 2. The Morgan fingerprint density at radius 3 is 2.91 bits per heavy atom. The fourth-order valence-corrected chi connectivity index (χ4v) is 3.55. The van der Waals surface area contributed by atoms with Crippen LogP contribution in [0.15, 0.2) is 18.2 Å². The van der Waals surface area contributed by atoms with Gasteiger partial charge in [-0.05, 0) is 42.5 Å². The molecule has 5 heteroatoms. The molecule has 1 saturated heterocycles. The Labute approximate surface area is 130 Å². The number of nitrogens with zero attached hydrogens (tertiary/aromatic N) is 1. The molecular formula is C17H21N3O2. The van der Waals surface area contributed by atoms with Gasteiger partial charge in [-0.1, -0.05) is 6.92 Å². The van der Waals surface area contributed by atoms with Crippen molar-refractivity contribution in [2.75, 3.05) is 18.4 Å². The van der Waals surface area contributed by atoms with E-state index in [9.17, 15) is 9.59 Å². The van der Waals surface area contributed by atoms with Crippen LogP contribution in [0.3, 0.4) is 0 Å². The molecule has 0 bridgehead atoms. The van der Waals surface area contributed by atoms with E-state index >= 15 is 0 Å². The number of nitrogens with one attached hydrogen (secondary N) is 2. The molecule has 1 aromatic rings. The lowest BCUT2D eigenvalue weighted by Crippen LogP contribution is -2.40. The maximum absolute atomic E-state index is 12.5. The smallest absolute Gasteiger partial charge is 0.251 e. The van der Waals surface area contributed by atoms with Crippen LogP contribution in [0.25, 0.3) is 0 Å². The number of carbonyl (C=O) groups is 2. The van der Waals surface area contributed by atoms with E-state index in [0.29, 0.717) is 17.9 Å². The van der Waals surface area contributed by atoms with Crippen LogP contribution in [0, 0.1) is 5.92 Å². The first-order valence-electron chi connectivity index (χ1n) is 8.08. The van der Waals surface area contributed by atoms with E-state index in [-0.39, 0.29) is 17.9 Å². The molecule has 2 amide bonds. The van der Waals surface area contributed by atoms with Crippen LogP contribution < -0.4 is 10.6 Å². The van der Waals surface area contributed by atoms with Crippen molar-refractivity contribution in [1.82, 2.24) is 10.2 Å². The van der Waals surface area contributed by atoms with E-state index in [1.165, 1.54) is 12.8 Å². The molecule has 3 aliphatic rings. The number of carbonyl (C=O) groups excluding carboxylic acids is 2. The van der Waals surface area contributed by atoms with Gasteiger partial charge in [-0.25, -0.2) is 0 Å². The van der Waals surface area contributed by atoms with Crippen LogP contribution in [0.4, 0.5) is 5.69 Å². The Balaban J connectivity index is 1.44. The summed E-state index contributed by atoms with van der Waals surface area (Å²) in [6.07, 6.45) is 2.98. The lowest BCUT2D eigenvalue weighted by molar-refractivity contribution is -0.115. The van der Waals surface area contributed by atoms with Crippen LogP contribution in [0.1, 0.15) is 35.7 Å². The van der Waals surface area contributed by atoms with Crippen molar-refractivity contribution in [3.8, 4) is 0 Å². The Morgan fingerprint density at radius 2 is 2.14 bits per heavy atom. The van der Waals surface area contributed by atoms with Gasteiger partial charge in [0.25, 0.3) is 5.91 Å². The molecule has 0 spiro atoms. The second-order valence-corrected chi connectivity index (χ2v) is 6.84. The van der Waals surface area contributed by atoms with Gasteiger partial charge in [0.2, 0.25) is 5.91 Å². The molecule has 0 radical (unpaired) electrons. The van der Waals surface area contributed by atoms with E-state index in [4.69, 9.17) is 0 Å². The number of anilines is 1. The van der Waals surface area contributed by atoms with Crippen LogP contribution in [-0.4, -0.2) is 41.9 Å². The van der Waals surface area contributed by atoms with E-state index in [1.807, 2.05) is 12.1 Å². The summed E-state index contributed by atoms with van der Waals surface area (Å²) in [5.74, 6) is 0.455. The van der Waals surface area contributed by atoms with E-state index in [0.717, 1.165) is 30.4 Å². The van der Waals surface area contributed by atoms with Gasteiger partial charge in [0.05, 0.1) is 6.42 Å². The molecule has 0 aromatic heterocycles. The second kappa shape index (κ2) is 5.09. The Morgan fingerprint density at radius 1 is 1.32 bits per heavy atom. The van der Waals surface area contributed by atoms with Crippen LogP contribution in [0.2, 0.25) is 0 Å². The van der Waals surface area contributed by atoms with Gasteiger partial charge in [-0.3, -0.25) is 14.5 Å². The molecule has 2 fully saturated rings. The van der Waals surface area contributed by atoms with Gasteiger partial charge >= 0.3 is 0 Å². The number of hydrogen-bond donors (Lipinski definition) is 2. The van der Waals surface area contributed by atoms with Crippen molar-refractivity contribution in [3.05, 3.63) is 29.3 Å². The van der Waals surface area contributed by atoms with Crippen molar-refractivity contribution >= 4 is 17.5 Å². The number of hydrogen-bond acceptors (Lipinski definition) is 3. The highest BCUT2D eigenvalue weighted by molar-refractivity contribution is 6.01. The van der Waals surface area contributed by atoms with E-state index in [2.05, 4.69) is 22.5 Å². The lowest BCUT2D eigenvalue weighted by atomic mass is 10.0. The van der Waals surface area contributed by atoms with Gasteiger partial charge in [0.15, 0.2) is 0 Å². The van der Waals surface area contributed by atoms with Gasteiger partial charge in [0.1, 0.15) is 0 Å². The number of likely N-dealkylation sites (tertiary alicyclic amines) is 1. The molecular weight excluding hydrogens is 278 g/mol. The summed E-state index contributed by atoms with van der Waals surface area (Å²) in [5.41, 5.74) is 2.39. The molecule has 1 saturated carbocycles. The molecule has 2 N–H and O–H groups in total. The summed E-state index contributed by atoms with van der Waals surface area (Å²) in [4.78, 5) is 26.4. The average molecular weight is 299 g/mol. The summed E-state index contributed by atoms with van der Waals surface area (Å²) in [6, 6.07) is 6.42. The Hall–Kier alpha value is -1.88. The maximum atomic E-state index is 12.5. The molecule has 2 atom stereocenters. The summed E-state index contributed by atoms with van der Waals surface area (Å²) >= 11 is 0. The molecule has 1 aromatic carbocycles. The zero-order valence-electron chi connectivity index (χ0n) is 12.8. The van der Waals surface area contributed by atoms with Crippen LogP contribution in [0.5, 0.6) is 0 Å². The monoisotopic (exact) mass is 299 g/mol. The summed E-state index contributed by atoms with van der Waals surface area (Å²) < 4.78 is 0. The van der Waals surface area contributed by atoms with Crippen molar-refractivity contribution < 1.29 is 9.59 Å². The molecule has 22 heavy (non-hydrogen) atoms. The number of benzene rings is 1. The maximum Gasteiger partial charge on any atom is 0.251 e. The van der Waals surface area contributed by atoms with Crippen molar-refractivity contribution in [2.45, 2.75) is 38.3 Å². The van der Waals surface area contributed by atoms with Gasteiger partial charge < -0.3 is 10.6 Å². The molecule has 1 aliphatic carbocycles. The molecule has 2 aliphatic heterocycles. The summed E-state index contributed by atoms with van der Waals surface area (Å²) in [7, 11) is 0. The fourth-order valence-electron chi connectivity index (χ4n) is 3.55. The van der Waals surface area contributed by atoms with Gasteiger partial charge in [-0.2, -0.15) is 0 Å².